The highest BCUT2D eigenvalue weighted by molar-refractivity contribution is 8.01. The lowest BCUT2D eigenvalue weighted by Crippen LogP contribution is -2.71. The van der Waals surface area contributed by atoms with E-state index >= 15 is 0 Å². The van der Waals surface area contributed by atoms with Crippen LogP contribution in [0.5, 0.6) is 0 Å². The van der Waals surface area contributed by atoms with Crippen LogP contribution >= 0.6 is 34.9 Å². The van der Waals surface area contributed by atoms with Crippen molar-refractivity contribution < 1.29 is 24.3 Å². The number of anilines is 3. The van der Waals surface area contributed by atoms with Crippen molar-refractivity contribution in [2.24, 2.45) is 5.16 Å². The number of carbonyl (C=O) groups is 3. The number of nitrogens with zero attached hydrogens (tertiary/aromatic N) is 6. The number of thioether (sulfide) groups is 2. The predicted molar refractivity (Wildman–Crippen MR) is 148 cm³/mol. The molecule has 0 bridgehead atoms. The number of hydrogen-bond acceptors (Lipinski definition) is 15. The number of β-lactam (4-membered cyclic amide) rings is 1. The molecule has 0 aliphatic carbocycles. The fraction of sp³-hybridized carbons (Fsp3) is 0.238. The van der Waals surface area contributed by atoms with E-state index in [4.69, 9.17) is 22.0 Å². The SMILES string of the molecule is Nc1cc(SCC2=C(C(=O)O)N3C(=O)C(NC(=O)/C(=N\OCc4cnc[nH]4)c4csc(N)n4)C3SC2)nc(N)n1. The van der Waals surface area contributed by atoms with E-state index in [9.17, 15) is 19.5 Å². The normalized spacial score (nSPS) is 18.8. The molecule has 0 aromatic carbocycles. The lowest BCUT2D eigenvalue weighted by molar-refractivity contribution is -0.150. The number of H-pyrrole nitrogens is 1. The van der Waals surface area contributed by atoms with Gasteiger partial charge in [0, 0.05) is 23.0 Å². The number of aliphatic carboxylic acids is 1. The molecule has 0 spiro atoms. The van der Waals surface area contributed by atoms with Gasteiger partial charge in [-0.05, 0) is 5.57 Å². The van der Waals surface area contributed by atoms with Crippen LogP contribution in [0.15, 0.2) is 45.4 Å². The van der Waals surface area contributed by atoms with Crippen molar-refractivity contribution in [1.82, 2.24) is 35.1 Å². The maximum absolute atomic E-state index is 13.2. The first kappa shape index (κ1) is 27.2. The number of imidazole rings is 1. The van der Waals surface area contributed by atoms with Gasteiger partial charge in [-0.2, -0.15) is 4.98 Å². The number of carbonyl (C=O) groups excluding carboxylic acids is 2. The number of hydrogen-bond donors (Lipinski definition) is 6. The Hall–Kier alpha value is -4.36. The molecule has 0 radical (unpaired) electrons. The Balaban J connectivity index is 1.30. The minimum atomic E-state index is -1.26. The molecule has 208 valence electrons. The molecule has 3 aromatic rings. The van der Waals surface area contributed by atoms with E-state index < -0.39 is 29.2 Å². The molecule has 0 saturated carbocycles. The average molecular weight is 604 g/mol. The summed E-state index contributed by atoms with van der Waals surface area (Å²) in [4.78, 5) is 63.7. The molecule has 9 N–H and O–H groups in total. The number of nitrogens with one attached hydrogen (secondary N) is 2. The Bertz CT molecular complexity index is 1500. The van der Waals surface area contributed by atoms with E-state index in [2.05, 4.69) is 35.4 Å². The number of thiazole rings is 1. The number of carboxylic acids is 1. The maximum atomic E-state index is 13.2. The zero-order valence-electron chi connectivity index (χ0n) is 20.3. The summed E-state index contributed by atoms with van der Waals surface area (Å²) in [7, 11) is 0. The van der Waals surface area contributed by atoms with Crippen LogP contribution in [0.1, 0.15) is 11.4 Å². The molecular formula is C21H21N11O5S3. The van der Waals surface area contributed by atoms with E-state index in [0.717, 1.165) is 11.3 Å². The van der Waals surface area contributed by atoms with Crippen LogP contribution in [-0.2, 0) is 25.8 Å². The highest BCUT2D eigenvalue weighted by Crippen LogP contribution is 2.41. The van der Waals surface area contributed by atoms with Crippen LogP contribution in [0.2, 0.25) is 0 Å². The molecule has 3 aromatic heterocycles. The van der Waals surface area contributed by atoms with Gasteiger partial charge in [-0.15, -0.1) is 34.9 Å². The lowest BCUT2D eigenvalue weighted by atomic mass is 10.0. The summed E-state index contributed by atoms with van der Waals surface area (Å²) in [5.74, 6) is -1.83. The minimum Gasteiger partial charge on any atom is -0.477 e. The molecule has 2 unspecified atom stereocenters. The molecule has 5 heterocycles. The van der Waals surface area contributed by atoms with Gasteiger partial charge < -0.3 is 37.4 Å². The molecule has 19 heteroatoms. The Morgan fingerprint density at radius 1 is 1.30 bits per heavy atom. The van der Waals surface area contributed by atoms with E-state index in [1.165, 1.54) is 52.4 Å². The predicted octanol–water partition coefficient (Wildman–Crippen LogP) is -0.145. The van der Waals surface area contributed by atoms with Gasteiger partial charge in [0.2, 0.25) is 5.95 Å². The summed E-state index contributed by atoms with van der Waals surface area (Å²) >= 11 is 3.65. The number of aromatic amines is 1. The summed E-state index contributed by atoms with van der Waals surface area (Å²) in [5.41, 5.74) is 18.0. The highest BCUT2D eigenvalue weighted by atomic mass is 32.2. The smallest absolute Gasteiger partial charge is 0.352 e. The molecule has 1 fully saturated rings. The molecular weight excluding hydrogens is 583 g/mol. The van der Waals surface area contributed by atoms with Crippen LogP contribution in [0, 0.1) is 0 Å². The number of rotatable bonds is 10. The van der Waals surface area contributed by atoms with Gasteiger partial charge in [0.15, 0.2) is 17.5 Å². The number of fused-ring (bicyclic) bond motifs is 1. The summed E-state index contributed by atoms with van der Waals surface area (Å²) < 4.78 is 0. The summed E-state index contributed by atoms with van der Waals surface area (Å²) in [6.45, 7) is 0.00671. The van der Waals surface area contributed by atoms with Gasteiger partial charge in [-0.1, -0.05) is 5.16 Å². The molecule has 2 aliphatic heterocycles. The molecule has 1 saturated heterocycles. The van der Waals surface area contributed by atoms with Gasteiger partial charge in [0.05, 0.1) is 18.2 Å². The largest absolute Gasteiger partial charge is 0.477 e. The average Bonchev–Trinajstić information content (AvgIpc) is 3.59. The van der Waals surface area contributed by atoms with Crippen LogP contribution < -0.4 is 22.5 Å². The Labute approximate surface area is 237 Å². The van der Waals surface area contributed by atoms with E-state index in [1.807, 2.05) is 0 Å². The van der Waals surface area contributed by atoms with Gasteiger partial charge in [-0.25, -0.2) is 19.7 Å². The molecule has 16 nitrogen and oxygen atoms in total. The Kier molecular flexibility index (Phi) is 7.76. The monoisotopic (exact) mass is 603 g/mol. The molecule has 2 atom stereocenters. The molecule has 5 rings (SSSR count). The third kappa shape index (κ3) is 5.65. The lowest BCUT2D eigenvalue weighted by Gasteiger charge is -2.49. The molecule has 2 aliphatic rings. The standard InChI is InChI=1S/C21H21N11O5S3/c22-11-1-12(29-20(23)28-11)38-4-8-5-39-18-14(17(34)32(18)15(8)19(35)36)30-16(33)13(10-6-40-21(24)27-10)31-37-3-9-2-25-7-26-9/h1-2,6-7,14,18H,3-5H2,(H2,24,27)(H,25,26)(H,30,33)(H,35,36)(H4,22,23,28,29)/b31-13-. The molecule has 2 amide bonds. The van der Waals surface area contributed by atoms with Crippen LogP contribution in [0.3, 0.4) is 0 Å². The first-order chi connectivity index (χ1) is 19.2. The van der Waals surface area contributed by atoms with Crippen LogP contribution in [0.4, 0.5) is 16.9 Å². The van der Waals surface area contributed by atoms with Crippen molar-refractivity contribution in [2.75, 3.05) is 28.7 Å². The van der Waals surface area contributed by atoms with Crippen molar-refractivity contribution in [3.63, 3.8) is 0 Å². The van der Waals surface area contributed by atoms with Gasteiger partial charge >= 0.3 is 5.97 Å². The fourth-order valence-electron chi connectivity index (χ4n) is 3.83. The van der Waals surface area contributed by atoms with Crippen molar-refractivity contribution in [3.05, 3.63) is 46.6 Å². The van der Waals surface area contributed by atoms with Crippen molar-refractivity contribution in [3.8, 4) is 0 Å². The van der Waals surface area contributed by atoms with E-state index in [0.29, 0.717) is 22.0 Å². The number of amides is 2. The second-order valence-corrected chi connectivity index (χ2v) is 11.2. The van der Waals surface area contributed by atoms with Crippen molar-refractivity contribution in [2.45, 2.75) is 23.0 Å². The summed E-state index contributed by atoms with van der Waals surface area (Å²) in [5, 5.41) is 18.1. The van der Waals surface area contributed by atoms with Gasteiger partial charge in [0.25, 0.3) is 11.8 Å². The summed E-state index contributed by atoms with van der Waals surface area (Å²) in [6, 6.07) is 0.533. The first-order valence-corrected chi connectivity index (χ1v) is 14.2. The van der Waals surface area contributed by atoms with Gasteiger partial charge in [0.1, 0.15) is 33.7 Å². The zero-order chi connectivity index (χ0) is 28.4. The number of nitrogens with two attached hydrogens (primary N) is 3. The second-order valence-electron chi connectivity index (χ2n) is 8.26. The number of nitrogen functional groups attached to an aromatic ring is 3. The highest BCUT2D eigenvalue weighted by Gasteiger charge is 2.54. The van der Waals surface area contributed by atoms with Crippen LogP contribution in [0.25, 0.3) is 0 Å². The summed E-state index contributed by atoms with van der Waals surface area (Å²) in [6.07, 6.45) is 3.01. The topological polar surface area (TPSA) is 254 Å². The molecule has 40 heavy (non-hydrogen) atoms. The second kappa shape index (κ2) is 11.4. The first-order valence-electron chi connectivity index (χ1n) is 11.3. The van der Waals surface area contributed by atoms with Crippen molar-refractivity contribution >= 4 is 75.3 Å². The third-order valence-electron chi connectivity index (χ3n) is 5.58. The zero-order valence-corrected chi connectivity index (χ0v) is 22.8. The van der Waals surface area contributed by atoms with Crippen LogP contribution in [-0.4, -0.2) is 81.3 Å². The number of oxime groups is 1. The fourth-order valence-corrected chi connectivity index (χ4v) is 6.78. The Morgan fingerprint density at radius 3 is 2.80 bits per heavy atom. The van der Waals surface area contributed by atoms with E-state index in [1.54, 1.807) is 0 Å². The third-order valence-corrected chi connectivity index (χ3v) is 8.59. The van der Waals surface area contributed by atoms with Crippen molar-refractivity contribution in [1.29, 1.82) is 0 Å². The minimum absolute atomic E-state index is 0.000482. The Morgan fingerprint density at radius 2 is 2.12 bits per heavy atom. The van der Waals surface area contributed by atoms with Gasteiger partial charge in [-0.3, -0.25) is 14.5 Å². The number of aromatic nitrogens is 5. The quantitative estimate of drug-likeness (QED) is 0.0580. The number of carboxylic acid groups (broad SMARTS) is 1. The maximum Gasteiger partial charge on any atom is 0.352 e. The van der Waals surface area contributed by atoms with E-state index in [-0.39, 0.29) is 46.4 Å².